The van der Waals surface area contributed by atoms with E-state index in [-0.39, 0.29) is 17.4 Å². The molecule has 1 spiro atoms. The smallest absolute Gasteiger partial charge is 0.289 e. The molecule has 23 heavy (non-hydrogen) atoms. The van der Waals surface area contributed by atoms with E-state index in [0.717, 1.165) is 25.9 Å². The molecule has 0 aliphatic heterocycles. The van der Waals surface area contributed by atoms with Gasteiger partial charge in [-0.1, -0.05) is 12.8 Å². The first-order valence-electron chi connectivity index (χ1n) is 8.58. The van der Waals surface area contributed by atoms with Crippen LogP contribution in [0.25, 0.3) is 0 Å². The van der Waals surface area contributed by atoms with Gasteiger partial charge in [-0.2, -0.15) is 0 Å². The molecular weight excluding hydrogens is 294 g/mol. The normalized spacial score (nSPS) is 25.5. The third kappa shape index (κ3) is 2.81. The molecule has 5 heteroatoms. The van der Waals surface area contributed by atoms with Gasteiger partial charge in [0.1, 0.15) is 12.4 Å². The second-order valence-electron chi connectivity index (χ2n) is 6.75. The van der Waals surface area contributed by atoms with E-state index in [1.54, 1.807) is 19.2 Å². The molecule has 2 aliphatic rings. The summed E-state index contributed by atoms with van der Waals surface area (Å²) >= 11 is 0. The lowest BCUT2D eigenvalue weighted by atomic mass is 9.60. The number of furan rings is 1. The number of rotatable bonds is 6. The maximum Gasteiger partial charge on any atom is 0.289 e. The van der Waals surface area contributed by atoms with Crippen LogP contribution in [0.4, 0.5) is 0 Å². The summed E-state index contributed by atoms with van der Waals surface area (Å²) in [7, 11) is 3.51. The molecule has 0 radical (unpaired) electrons. The fourth-order valence-electron chi connectivity index (χ4n) is 4.42. The molecular formula is C18H27NO4. The number of nitrogens with zero attached hydrogens (tertiary/aromatic N) is 1. The summed E-state index contributed by atoms with van der Waals surface area (Å²) in [5.74, 6) is 1.03. The van der Waals surface area contributed by atoms with Gasteiger partial charge in [-0.15, -0.1) is 0 Å². The summed E-state index contributed by atoms with van der Waals surface area (Å²) in [5.41, 5.74) is 0.155. The Balaban J connectivity index is 1.71. The molecule has 5 nitrogen and oxygen atoms in total. The van der Waals surface area contributed by atoms with Crippen molar-refractivity contribution in [2.45, 2.75) is 57.8 Å². The topological polar surface area (TPSA) is 51.9 Å². The Morgan fingerprint density at radius 3 is 2.78 bits per heavy atom. The van der Waals surface area contributed by atoms with Crippen molar-refractivity contribution in [3.05, 3.63) is 23.7 Å². The molecule has 0 aromatic carbocycles. The van der Waals surface area contributed by atoms with E-state index >= 15 is 0 Å². The first-order valence-corrected chi connectivity index (χ1v) is 8.58. The zero-order valence-electron chi connectivity index (χ0n) is 14.3. The van der Waals surface area contributed by atoms with Gasteiger partial charge in [0, 0.05) is 32.2 Å². The highest BCUT2D eigenvalue weighted by Gasteiger charge is 2.59. The van der Waals surface area contributed by atoms with Crippen LogP contribution in [-0.2, 0) is 16.1 Å². The summed E-state index contributed by atoms with van der Waals surface area (Å²) in [6.07, 6.45) is 6.03. The number of hydrogen-bond acceptors (Lipinski definition) is 4. The van der Waals surface area contributed by atoms with E-state index in [0.29, 0.717) is 24.2 Å². The van der Waals surface area contributed by atoms with Crippen LogP contribution in [0, 0.1) is 5.41 Å². The van der Waals surface area contributed by atoms with Crippen LogP contribution in [0.5, 0.6) is 0 Å². The van der Waals surface area contributed by atoms with Crippen LogP contribution in [-0.4, -0.2) is 43.7 Å². The molecule has 3 rings (SSSR count). The second-order valence-corrected chi connectivity index (χ2v) is 6.75. The van der Waals surface area contributed by atoms with Gasteiger partial charge in [0.05, 0.1) is 6.10 Å². The molecule has 2 aliphatic carbocycles. The van der Waals surface area contributed by atoms with E-state index in [4.69, 9.17) is 13.9 Å². The van der Waals surface area contributed by atoms with Gasteiger partial charge in [-0.3, -0.25) is 4.79 Å². The Hall–Kier alpha value is -1.33. The minimum atomic E-state index is -0.0430. The zero-order chi connectivity index (χ0) is 16.4. The molecule has 1 amide bonds. The molecule has 0 N–H and O–H groups in total. The fraction of sp³-hybridized carbons (Fsp3) is 0.722. The van der Waals surface area contributed by atoms with E-state index in [2.05, 4.69) is 0 Å². The van der Waals surface area contributed by atoms with Gasteiger partial charge >= 0.3 is 0 Å². The Morgan fingerprint density at radius 1 is 1.39 bits per heavy atom. The lowest BCUT2D eigenvalue weighted by Crippen LogP contribution is -2.63. The molecule has 128 valence electrons. The van der Waals surface area contributed by atoms with E-state index in [1.165, 1.54) is 12.8 Å². The molecule has 0 saturated heterocycles. The van der Waals surface area contributed by atoms with Crippen molar-refractivity contribution >= 4 is 5.91 Å². The summed E-state index contributed by atoms with van der Waals surface area (Å²) in [6, 6.07) is 3.80. The monoisotopic (exact) mass is 321 g/mol. The van der Waals surface area contributed by atoms with Crippen molar-refractivity contribution in [2.24, 2.45) is 5.41 Å². The summed E-state index contributed by atoms with van der Waals surface area (Å²) < 4.78 is 16.6. The SMILES string of the molecule is CCO[C@@H]1C[C@@H](N(C)C(=O)c2ccc(COC)o2)C12CCCC2. The number of carbonyl (C=O) groups is 1. The highest BCUT2D eigenvalue weighted by Crippen LogP contribution is 2.56. The van der Waals surface area contributed by atoms with Gasteiger partial charge in [0.2, 0.25) is 0 Å². The second kappa shape index (κ2) is 6.65. The van der Waals surface area contributed by atoms with Crippen molar-refractivity contribution < 1.29 is 18.7 Å². The highest BCUT2D eigenvalue weighted by molar-refractivity contribution is 5.91. The third-order valence-corrected chi connectivity index (χ3v) is 5.59. The fourth-order valence-corrected chi connectivity index (χ4v) is 4.42. The molecule has 2 fully saturated rings. The van der Waals surface area contributed by atoms with Gasteiger partial charge in [-0.25, -0.2) is 0 Å². The van der Waals surface area contributed by atoms with Gasteiger partial charge < -0.3 is 18.8 Å². The van der Waals surface area contributed by atoms with Gasteiger partial charge in [-0.05, 0) is 38.3 Å². The van der Waals surface area contributed by atoms with Crippen molar-refractivity contribution in [3.63, 3.8) is 0 Å². The van der Waals surface area contributed by atoms with E-state index in [1.807, 2.05) is 18.9 Å². The zero-order valence-corrected chi connectivity index (χ0v) is 14.3. The third-order valence-electron chi connectivity index (χ3n) is 5.59. The number of hydrogen-bond donors (Lipinski definition) is 0. The maximum atomic E-state index is 12.8. The molecule has 0 unspecified atom stereocenters. The van der Waals surface area contributed by atoms with Crippen LogP contribution >= 0.6 is 0 Å². The average molecular weight is 321 g/mol. The summed E-state index contributed by atoms with van der Waals surface area (Å²) in [6.45, 7) is 3.18. The van der Waals surface area contributed by atoms with Crippen LogP contribution in [0.15, 0.2) is 16.5 Å². The van der Waals surface area contributed by atoms with Crippen molar-refractivity contribution in [1.82, 2.24) is 4.90 Å². The molecule has 0 bridgehead atoms. The number of ether oxygens (including phenoxy) is 2. The minimum Gasteiger partial charge on any atom is -0.453 e. The standard InChI is InChI=1S/C18H27NO4/c1-4-22-16-11-15(18(16)9-5-6-10-18)19(2)17(20)14-8-7-13(23-14)12-21-3/h7-8,15-16H,4-6,9-12H2,1-3H3/t15-,16-/m1/s1. The largest absolute Gasteiger partial charge is 0.453 e. The number of methoxy groups -OCH3 is 1. The number of amides is 1. The Labute approximate surface area is 137 Å². The predicted octanol–water partition coefficient (Wildman–Crippen LogP) is 3.24. The molecule has 2 saturated carbocycles. The van der Waals surface area contributed by atoms with Crippen molar-refractivity contribution in [3.8, 4) is 0 Å². The first kappa shape index (κ1) is 16.5. The lowest BCUT2D eigenvalue weighted by molar-refractivity contribution is -0.152. The van der Waals surface area contributed by atoms with Crippen LogP contribution in [0.3, 0.4) is 0 Å². The Bertz CT molecular complexity index is 547. The molecule has 1 aromatic heterocycles. The minimum absolute atomic E-state index is 0.0430. The lowest BCUT2D eigenvalue weighted by Gasteiger charge is -2.56. The van der Waals surface area contributed by atoms with Crippen molar-refractivity contribution in [2.75, 3.05) is 20.8 Å². The van der Waals surface area contributed by atoms with E-state index in [9.17, 15) is 4.79 Å². The maximum absolute atomic E-state index is 12.8. The molecule has 1 heterocycles. The van der Waals surface area contributed by atoms with Gasteiger partial charge in [0.25, 0.3) is 5.91 Å². The molecule has 1 aromatic rings. The first-order chi connectivity index (χ1) is 11.1. The van der Waals surface area contributed by atoms with Gasteiger partial charge in [0.15, 0.2) is 5.76 Å². The van der Waals surface area contributed by atoms with Crippen LogP contribution < -0.4 is 0 Å². The number of carbonyl (C=O) groups excluding carboxylic acids is 1. The quantitative estimate of drug-likeness (QED) is 0.807. The Morgan fingerprint density at radius 2 is 2.13 bits per heavy atom. The highest BCUT2D eigenvalue weighted by atomic mass is 16.5. The van der Waals surface area contributed by atoms with Crippen LogP contribution in [0.1, 0.15) is 55.3 Å². The van der Waals surface area contributed by atoms with Crippen LogP contribution in [0.2, 0.25) is 0 Å². The Kier molecular flexibility index (Phi) is 4.78. The summed E-state index contributed by atoms with van der Waals surface area (Å²) in [5, 5.41) is 0. The van der Waals surface area contributed by atoms with Crippen molar-refractivity contribution in [1.29, 1.82) is 0 Å². The summed E-state index contributed by atoms with van der Waals surface area (Å²) in [4.78, 5) is 14.6. The average Bonchev–Trinajstić information content (AvgIpc) is 3.20. The predicted molar refractivity (Wildman–Crippen MR) is 86.2 cm³/mol. The van der Waals surface area contributed by atoms with E-state index < -0.39 is 0 Å². The molecule has 2 atom stereocenters.